The molecule has 182 valence electrons. The average Bonchev–Trinajstić information content (AvgIpc) is 3.57. The quantitative estimate of drug-likeness (QED) is 0.299. The van der Waals surface area contributed by atoms with Crippen molar-refractivity contribution >= 4 is 29.2 Å². The second kappa shape index (κ2) is 9.59. The molecule has 0 saturated heterocycles. The summed E-state index contributed by atoms with van der Waals surface area (Å²) in [5, 5.41) is 23.6. The maximum atomic E-state index is 13.9. The third-order valence-corrected chi connectivity index (χ3v) is 5.82. The second-order valence-corrected chi connectivity index (χ2v) is 8.48. The summed E-state index contributed by atoms with van der Waals surface area (Å²) in [6, 6.07) is 13.2. The van der Waals surface area contributed by atoms with Gasteiger partial charge in [0.2, 0.25) is 0 Å². The van der Waals surface area contributed by atoms with Gasteiger partial charge in [0.15, 0.2) is 0 Å². The molecular formula is C26H23FN6O3. The number of carbonyl (C=O) groups is 2. The van der Waals surface area contributed by atoms with Gasteiger partial charge in [0.05, 0.1) is 41.9 Å². The number of hydrogen-bond donors (Lipinski definition) is 4. The van der Waals surface area contributed by atoms with Crippen LogP contribution in [-0.4, -0.2) is 49.5 Å². The molecule has 1 aliphatic rings. The van der Waals surface area contributed by atoms with Crippen LogP contribution < -0.4 is 10.6 Å². The van der Waals surface area contributed by atoms with E-state index < -0.39 is 12.0 Å². The highest BCUT2D eigenvalue weighted by atomic mass is 19.1. The summed E-state index contributed by atoms with van der Waals surface area (Å²) in [6.07, 6.45) is 3.75. The van der Waals surface area contributed by atoms with Crippen molar-refractivity contribution < 1.29 is 19.1 Å². The zero-order valence-electron chi connectivity index (χ0n) is 19.3. The number of carbonyl (C=O) groups excluding carboxylic acids is 2. The molecule has 4 aromatic rings. The van der Waals surface area contributed by atoms with Gasteiger partial charge in [0, 0.05) is 23.5 Å². The number of aliphatic hydroxyl groups excluding tert-OH is 1. The first-order chi connectivity index (χ1) is 17.4. The maximum Gasteiger partial charge on any atom is 0.256 e. The molecule has 0 aliphatic carbocycles. The molecule has 0 saturated carbocycles. The monoisotopic (exact) mass is 486 g/mol. The summed E-state index contributed by atoms with van der Waals surface area (Å²) in [4.78, 5) is 30.4. The van der Waals surface area contributed by atoms with Crippen molar-refractivity contribution in [3.63, 3.8) is 0 Å². The van der Waals surface area contributed by atoms with Crippen molar-refractivity contribution in [2.45, 2.75) is 19.6 Å². The number of benzene rings is 2. The van der Waals surface area contributed by atoms with Gasteiger partial charge in [-0.25, -0.2) is 4.39 Å². The van der Waals surface area contributed by atoms with Crippen molar-refractivity contribution in [3.8, 4) is 11.1 Å². The van der Waals surface area contributed by atoms with E-state index in [1.165, 1.54) is 29.3 Å². The van der Waals surface area contributed by atoms with E-state index >= 15 is 0 Å². The number of hydrogen-bond acceptors (Lipinski definition) is 5. The van der Waals surface area contributed by atoms with Gasteiger partial charge < -0.3 is 20.7 Å². The van der Waals surface area contributed by atoms with Crippen LogP contribution in [-0.2, 0) is 11.3 Å². The number of aryl methyl sites for hydroxylation is 1. The molecule has 2 amide bonds. The minimum Gasteiger partial charge on any atom is -0.389 e. The fourth-order valence-corrected chi connectivity index (χ4v) is 4.24. The number of H-pyrrole nitrogens is 1. The van der Waals surface area contributed by atoms with Gasteiger partial charge >= 0.3 is 0 Å². The first kappa shape index (κ1) is 23.2. The molecule has 10 heteroatoms. The molecule has 0 spiro atoms. The Morgan fingerprint density at radius 1 is 1.19 bits per heavy atom. The lowest BCUT2D eigenvalue weighted by Gasteiger charge is -2.11. The highest BCUT2D eigenvalue weighted by molar-refractivity contribution is 6.36. The number of rotatable bonds is 7. The second-order valence-electron chi connectivity index (χ2n) is 8.48. The Kier molecular flexibility index (Phi) is 6.17. The highest BCUT2D eigenvalue weighted by Crippen LogP contribution is 2.40. The van der Waals surface area contributed by atoms with Crippen LogP contribution in [0.4, 0.5) is 10.1 Å². The first-order valence-corrected chi connectivity index (χ1v) is 11.3. The summed E-state index contributed by atoms with van der Waals surface area (Å²) in [6.45, 7) is 1.93. The molecule has 0 fully saturated rings. The van der Waals surface area contributed by atoms with Crippen LogP contribution in [0.3, 0.4) is 0 Å². The van der Waals surface area contributed by atoms with E-state index in [0.717, 1.165) is 5.69 Å². The van der Waals surface area contributed by atoms with Crippen LogP contribution in [0.5, 0.6) is 0 Å². The van der Waals surface area contributed by atoms with E-state index in [1.54, 1.807) is 43.3 Å². The number of amides is 2. The third-order valence-electron chi connectivity index (χ3n) is 5.82. The topological polar surface area (TPSA) is 125 Å². The van der Waals surface area contributed by atoms with Crippen LogP contribution in [0.2, 0.25) is 0 Å². The summed E-state index contributed by atoms with van der Waals surface area (Å²) in [5.74, 6) is -1.11. The van der Waals surface area contributed by atoms with Crippen LogP contribution >= 0.6 is 0 Å². The van der Waals surface area contributed by atoms with E-state index in [2.05, 4.69) is 25.8 Å². The van der Waals surface area contributed by atoms with Crippen molar-refractivity contribution in [1.82, 2.24) is 25.3 Å². The van der Waals surface area contributed by atoms with Gasteiger partial charge in [0.25, 0.3) is 11.8 Å². The molecule has 0 bridgehead atoms. The van der Waals surface area contributed by atoms with Crippen molar-refractivity contribution in [1.29, 1.82) is 0 Å². The lowest BCUT2D eigenvalue weighted by molar-refractivity contribution is -0.110. The Morgan fingerprint density at radius 2 is 1.97 bits per heavy atom. The molecule has 36 heavy (non-hydrogen) atoms. The molecule has 3 heterocycles. The maximum absolute atomic E-state index is 13.9. The molecule has 0 radical (unpaired) electrons. The van der Waals surface area contributed by atoms with Crippen molar-refractivity contribution in [3.05, 3.63) is 89.3 Å². The highest BCUT2D eigenvalue weighted by Gasteiger charge is 2.28. The SMILES string of the molecule is Cc1cc(C(=O)NCC(O)Cn2nccn2)c(C=C2C(=O)Nc3cccc(-c4cccc(F)c4)c32)[nH]1. The first-order valence-electron chi connectivity index (χ1n) is 11.3. The van der Waals surface area contributed by atoms with Gasteiger partial charge in [-0.3, -0.25) is 9.59 Å². The normalized spacial score (nSPS) is 14.5. The molecule has 1 unspecified atom stereocenters. The van der Waals surface area contributed by atoms with Gasteiger partial charge in [-0.1, -0.05) is 24.3 Å². The number of aliphatic hydroxyl groups is 1. The van der Waals surface area contributed by atoms with Crippen molar-refractivity contribution in [2.24, 2.45) is 0 Å². The lowest BCUT2D eigenvalue weighted by atomic mass is 9.94. The summed E-state index contributed by atoms with van der Waals surface area (Å²) >= 11 is 0. The fraction of sp³-hybridized carbons (Fsp3) is 0.154. The van der Waals surface area contributed by atoms with Crippen LogP contribution in [0.25, 0.3) is 22.8 Å². The average molecular weight is 487 g/mol. The number of anilines is 1. The van der Waals surface area contributed by atoms with Gasteiger partial charge in [-0.05, 0) is 48.4 Å². The molecule has 2 aromatic carbocycles. The number of fused-ring (bicyclic) bond motifs is 1. The van der Waals surface area contributed by atoms with E-state index in [0.29, 0.717) is 39.2 Å². The van der Waals surface area contributed by atoms with Crippen molar-refractivity contribution in [2.75, 3.05) is 11.9 Å². The smallest absolute Gasteiger partial charge is 0.256 e. The van der Waals surface area contributed by atoms with Gasteiger partial charge in [0.1, 0.15) is 5.82 Å². The summed E-state index contributed by atoms with van der Waals surface area (Å²) in [5.41, 5.74) is 4.42. The molecule has 1 aliphatic heterocycles. The summed E-state index contributed by atoms with van der Waals surface area (Å²) < 4.78 is 13.9. The van der Waals surface area contributed by atoms with Crippen LogP contribution in [0.15, 0.2) is 60.9 Å². The number of aromatic amines is 1. The number of aromatic nitrogens is 4. The third kappa shape index (κ3) is 4.66. The minimum atomic E-state index is -0.885. The van der Waals surface area contributed by atoms with Crippen LogP contribution in [0, 0.1) is 12.7 Å². The number of halogens is 1. The number of nitrogens with one attached hydrogen (secondary N) is 3. The summed E-state index contributed by atoms with van der Waals surface area (Å²) in [7, 11) is 0. The molecular weight excluding hydrogens is 463 g/mol. The predicted octanol–water partition coefficient (Wildman–Crippen LogP) is 3.00. The molecule has 2 aromatic heterocycles. The fourth-order valence-electron chi connectivity index (χ4n) is 4.24. The molecule has 9 nitrogen and oxygen atoms in total. The number of nitrogens with zero attached hydrogens (tertiary/aromatic N) is 3. The Balaban J connectivity index is 1.44. The molecule has 1 atom stereocenters. The van der Waals surface area contributed by atoms with Crippen LogP contribution in [0.1, 0.15) is 27.3 Å². The van der Waals surface area contributed by atoms with E-state index in [9.17, 15) is 19.1 Å². The largest absolute Gasteiger partial charge is 0.389 e. The minimum absolute atomic E-state index is 0.00630. The van der Waals surface area contributed by atoms with E-state index in [1.807, 2.05) is 6.07 Å². The molecule has 5 rings (SSSR count). The Hall–Kier alpha value is -4.57. The zero-order valence-corrected chi connectivity index (χ0v) is 19.3. The zero-order chi connectivity index (χ0) is 25.2. The molecule has 4 N–H and O–H groups in total. The standard InChI is InChI=1S/C26H23FN6O3/c1-15-10-20(25(35)28-13-18(34)14-33-29-8-9-30-33)23(31-15)12-21-24-19(16-4-2-5-17(27)11-16)6-3-7-22(24)32-26(21)36/h2-12,18,31,34H,13-14H2,1H3,(H,28,35)(H,32,36). The Bertz CT molecular complexity index is 1470. The Labute approximate surface area is 205 Å². The van der Waals surface area contributed by atoms with Gasteiger partial charge in [-0.2, -0.15) is 15.0 Å². The Morgan fingerprint density at radius 3 is 2.75 bits per heavy atom. The van der Waals surface area contributed by atoms with E-state index in [4.69, 9.17) is 0 Å². The lowest BCUT2D eigenvalue weighted by Crippen LogP contribution is -2.35. The predicted molar refractivity (Wildman–Crippen MR) is 132 cm³/mol. The van der Waals surface area contributed by atoms with E-state index in [-0.39, 0.29) is 24.8 Å². The van der Waals surface area contributed by atoms with Gasteiger partial charge in [-0.15, -0.1) is 0 Å².